The van der Waals surface area contributed by atoms with Gasteiger partial charge < -0.3 is 25.3 Å². The molecular formula is C34H39F2N6O7PS. The molecule has 4 amide bonds. The average Bonchev–Trinajstić information content (AvgIpc) is 3.86. The molecule has 2 aliphatic rings. The molecule has 0 radical (unpaired) electrons. The number of fused-ring (bicyclic) bond motifs is 1. The van der Waals surface area contributed by atoms with E-state index in [0.717, 1.165) is 12.3 Å². The van der Waals surface area contributed by atoms with Crippen LogP contribution in [0.2, 0.25) is 0 Å². The van der Waals surface area contributed by atoms with Crippen molar-refractivity contribution in [2.24, 2.45) is 5.92 Å². The first-order valence-electron chi connectivity index (χ1n) is 16.4. The topological polar surface area (TPSA) is 180 Å². The van der Waals surface area contributed by atoms with Crippen molar-refractivity contribution in [1.29, 1.82) is 0 Å². The fraction of sp³-hybridized carbons (Fsp3) is 0.412. The van der Waals surface area contributed by atoms with Crippen molar-refractivity contribution >= 4 is 52.6 Å². The summed E-state index contributed by atoms with van der Waals surface area (Å²) in [6.45, 7) is 3.73. The van der Waals surface area contributed by atoms with Gasteiger partial charge in [-0.05, 0) is 55.3 Å². The Bertz CT molecular complexity index is 1890. The molecule has 0 spiro atoms. The fourth-order valence-corrected chi connectivity index (χ4v) is 9.02. The smallest absolute Gasteiger partial charge is 0.407 e. The predicted octanol–water partition coefficient (Wildman–Crippen LogP) is 3.37. The number of alkyl carbamates (subject to hydrolysis) is 1. The Hall–Kier alpha value is -4.56. The fourth-order valence-electron chi connectivity index (χ4n) is 5.55. The van der Waals surface area contributed by atoms with Gasteiger partial charge in [-0.2, -0.15) is 0 Å². The van der Waals surface area contributed by atoms with Gasteiger partial charge >= 0.3 is 6.09 Å². The number of carbonyl (C=O) groups excluding carboxylic acids is 4. The Morgan fingerprint density at radius 2 is 1.96 bits per heavy atom. The van der Waals surface area contributed by atoms with Crippen molar-refractivity contribution in [3.63, 3.8) is 0 Å². The number of nitrogens with zero attached hydrogens (tertiary/aromatic N) is 2. The standard InChI is InChI=1S/C34H39F2N6O7PS/c1-3-21(2)28(32(46)41-51(48)50-16-17-50)40-30(44)26-12-7-15-42(26)27(43)19-37-33(47)49-20-34(35,36)14-13-22-8-6-9-23(18-22)29-31(45)39-25-11-5-4-10-24(25)38-29/h3-6,8-11,18,21,26,28H,1,7,12-17,19-20H2,2H3,(H,37,47)(H,39,45)(H,40,44)(H,41,46). The van der Waals surface area contributed by atoms with Gasteiger partial charge in [0.15, 0.2) is 6.61 Å². The number of alkyl halides is 2. The molecule has 0 saturated carbocycles. The minimum Gasteiger partial charge on any atom is -0.443 e. The monoisotopic (exact) mass is 744 g/mol. The molecule has 272 valence electrons. The molecule has 4 atom stereocenters. The molecule has 2 saturated heterocycles. The van der Waals surface area contributed by atoms with E-state index in [2.05, 4.69) is 31.9 Å². The number of likely N-dealkylation sites (tertiary alicyclic amines) is 1. The lowest BCUT2D eigenvalue weighted by molar-refractivity contribution is -0.139. The Morgan fingerprint density at radius 3 is 2.71 bits per heavy atom. The van der Waals surface area contributed by atoms with Gasteiger partial charge in [-0.1, -0.05) is 43.3 Å². The number of H-pyrrole nitrogens is 1. The second-order valence-electron chi connectivity index (χ2n) is 12.4. The summed E-state index contributed by atoms with van der Waals surface area (Å²) in [5, 5.41) is 4.81. The van der Waals surface area contributed by atoms with Crippen LogP contribution in [0, 0.1) is 5.92 Å². The summed E-state index contributed by atoms with van der Waals surface area (Å²) >= 11 is 0. The number of aryl methyl sites for hydroxylation is 1. The normalized spacial score (nSPS) is 17.6. The zero-order valence-electron chi connectivity index (χ0n) is 27.9. The number of benzene rings is 2. The van der Waals surface area contributed by atoms with Crippen LogP contribution in [0.25, 0.3) is 22.3 Å². The molecule has 51 heavy (non-hydrogen) atoms. The first-order valence-corrected chi connectivity index (χ1v) is 19.9. The number of nitrogens with one attached hydrogen (secondary N) is 4. The van der Waals surface area contributed by atoms with Crippen molar-refractivity contribution in [1.82, 2.24) is 30.2 Å². The van der Waals surface area contributed by atoms with Crippen LogP contribution in [0.5, 0.6) is 0 Å². The highest BCUT2D eigenvalue weighted by atomic mass is 32.7. The largest absolute Gasteiger partial charge is 0.443 e. The minimum absolute atomic E-state index is 0.0819. The molecule has 3 heterocycles. The van der Waals surface area contributed by atoms with Gasteiger partial charge in [0.25, 0.3) is 17.4 Å². The van der Waals surface area contributed by atoms with Gasteiger partial charge in [0.1, 0.15) is 34.9 Å². The van der Waals surface area contributed by atoms with Crippen LogP contribution >= 0.6 is 7.12 Å². The summed E-state index contributed by atoms with van der Waals surface area (Å²) in [5.41, 5.74) is 1.91. The van der Waals surface area contributed by atoms with Crippen LogP contribution in [0.4, 0.5) is 13.6 Å². The first kappa shape index (κ1) is 37.7. The van der Waals surface area contributed by atoms with Gasteiger partial charge in [-0.15, -0.1) is 6.58 Å². The van der Waals surface area contributed by atoms with Crippen LogP contribution in [-0.4, -0.2) is 92.9 Å². The zero-order chi connectivity index (χ0) is 36.7. The number of ether oxygens (including phenoxy) is 1. The number of carbonyl (C=O) groups is 4. The van der Waals surface area contributed by atoms with Crippen molar-refractivity contribution in [2.75, 3.05) is 32.0 Å². The maximum atomic E-state index is 14.7. The summed E-state index contributed by atoms with van der Waals surface area (Å²) in [6.07, 6.45) is 1.93. The van der Waals surface area contributed by atoms with Crippen LogP contribution in [0.3, 0.4) is 0 Å². The molecule has 13 nitrogen and oxygen atoms in total. The number of amides is 4. The number of halogens is 2. The third-order valence-electron chi connectivity index (χ3n) is 8.56. The van der Waals surface area contributed by atoms with Gasteiger partial charge in [0, 0.05) is 31.6 Å². The molecule has 2 fully saturated rings. The predicted molar refractivity (Wildman–Crippen MR) is 189 cm³/mol. The third kappa shape index (κ3) is 10.0. The molecule has 2 aliphatic heterocycles. The number of aromatic nitrogens is 2. The van der Waals surface area contributed by atoms with Gasteiger partial charge in [-0.3, -0.25) is 23.9 Å². The quantitative estimate of drug-likeness (QED) is 0.135. The van der Waals surface area contributed by atoms with E-state index >= 15 is 0 Å². The lowest BCUT2D eigenvalue weighted by Crippen LogP contribution is -2.55. The van der Waals surface area contributed by atoms with Crippen LogP contribution in [-0.2, 0) is 36.1 Å². The number of para-hydroxylation sites is 2. The van der Waals surface area contributed by atoms with Gasteiger partial charge in [0.05, 0.1) is 11.0 Å². The number of hydrogen-bond acceptors (Lipinski definition) is 8. The Labute approximate surface area is 296 Å². The second kappa shape index (κ2) is 16.6. The Kier molecular flexibility index (Phi) is 12.3. The average molecular weight is 745 g/mol. The summed E-state index contributed by atoms with van der Waals surface area (Å²) in [4.78, 5) is 72.3. The van der Waals surface area contributed by atoms with E-state index in [9.17, 15) is 37.0 Å². The van der Waals surface area contributed by atoms with Crippen LogP contribution in [0.15, 0.2) is 66.0 Å². The lowest BCUT2D eigenvalue weighted by atomic mass is 10.0. The van der Waals surface area contributed by atoms with Crippen molar-refractivity contribution in [3.8, 4) is 11.3 Å². The van der Waals surface area contributed by atoms with E-state index in [1.54, 1.807) is 55.5 Å². The van der Waals surface area contributed by atoms with Crippen molar-refractivity contribution in [3.05, 3.63) is 77.1 Å². The summed E-state index contributed by atoms with van der Waals surface area (Å²) in [6, 6.07) is 11.6. The molecule has 5 rings (SSSR count). The van der Waals surface area contributed by atoms with E-state index in [1.165, 1.54) is 11.0 Å². The first-order chi connectivity index (χ1) is 24.3. The minimum atomic E-state index is -3.40. The van der Waals surface area contributed by atoms with Crippen molar-refractivity contribution in [2.45, 2.75) is 50.6 Å². The van der Waals surface area contributed by atoms with E-state index in [0.29, 0.717) is 35.0 Å². The second-order valence-corrected chi connectivity index (χ2v) is 17.5. The molecule has 4 N–H and O–H groups in total. The highest BCUT2D eigenvalue weighted by molar-refractivity contribution is 8.48. The zero-order valence-corrected chi connectivity index (χ0v) is 29.6. The number of hydrogen-bond donors (Lipinski definition) is 4. The highest BCUT2D eigenvalue weighted by Crippen LogP contribution is 2.53. The summed E-state index contributed by atoms with van der Waals surface area (Å²) in [5.74, 6) is -5.73. The van der Waals surface area contributed by atoms with Crippen LogP contribution < -0.4 is 20.9 Å². The maximum Gasteiger partial charge on any atom is 0.407 e. The highest BCUT2D eigenvalue weighted by Gasteiger charge is 2.38. The Balaban J connectivity index is 1.08. The van der Waals surface area contributed by atoms with Crippen molar-refractivity contribution < 1.29 is 36.9 Å². The number of rotatable bonds is 15. The molecular weight excluding hydrogens is 705 g/mol. The maximum absolute atomic E-state index is 14.7. The molecule has 0 aliphatic carbocycles. The summed E-state index contributed by atoms with van der Waals surface area (Å²) < 4.78 is 48.9. The van der Waals surface area contributed by atoms with Gasteiger partial charge in [0.2, 0.25) is 11.8 Å². The molecule has 17 heteroatoms. The van der Waals surface area contributed by atoms with Crippen LogP contribution in [0.1, 0.15) is 31.7 Å². The SMILES string of the molecule is C=CC(C)C(NC(=O)C1CCCN1C(=O)CNC(=O)OCC(F)(F)CCc1cccc(-c2nc3ccccc3[nH]c2=O)c1)C(=O)NS(=O)P1CC1. The van der Waals surface area contributed by atoms with E-state index in [-0.39, 0.29) is 18.7 Å². The Morgan fingerprint density at radius 1 is 1.20 bits per heavy atom. The molecule has 2 aromatic carbocycles. The number of aromatic amines is 1. The lowest BCUT2D eigenvalue weighted by Gasteiger charge is -2.28. The third-order valence-corrected chi connectivity index (χ3v) is 13.0. The molecule has 4 unspecified atom stereocenters. The van der Waals surface area contributed by atoms with E-state index in [1.807, 2.05) is 0 Å². The molecule has 3 aromatic rings. The molecule has 1 aromatic heterocycles. The van der Waals surface area contributed by atoms with E-state index < -0.39 is 90.6 Å². The van der Waals surface area contributed by atoms with E-state index in [4.69, 9.17) is 4.74 Å². The van der Waals surface area contributed by atoms with Gasteiger partial charge in [-0.25, -0.2) is 22.8 Å². The molecule has 0 bridgehead atoms. The summed E-state index contributed by atoms with van der Waals surface area (Å²) in [7, 11) is -2.23.